The van der Waals surface area contributed by atoms with Gasteiger partial charge in [-0.2, -0.15) is 0 Å². The van der Waals surface area contributed by atoms with E-state index in [1.165, 1.54) is 0 Å². The van der Waals surface area contributed by atoms with E-state index < -0.39 is 0 Å². The van der Waals surface area contributed by atoms with Gasteiger partial charge in [-0.05, 0) is 47.5 Å². The van der Waals surface area contributed by atoms with Crippen LogP contribution < -0.4 is 5.32 Å². The summed E-state index contributed by atoms with van der Waals surface area (Å²) in [6.07, 6.45) is 3.64. The molecule has 0 amide bonds. The fraction of sp³-hybridized carbons (Fsp3) is 0.105. The first-order chi connectivity index (χ1) is 11.9. The van der Waals surface area contributed by atoms with Gasteiger partial charge in [-0.15, -0.1) is 0 Å². The molecule has 0 radical (unpaired) electrons. The van der Waals surface area contributed by atoms with Crippen LogP contribution in [0, 0.1) is 0 Å². The van der Waals surface area contributed by atoms with Crippen molar-refractivity contribution in [3.8, 4) is 0 Å². The normalized spacial score (nSPS) is 18.2. The molecule has 1 N–H and O–H groups in total. The Morgan fingerprint density at radius 1 is 0.720 bits per heavy atom. The Hall–Kier alpha value is -1.29. The summed E-state index contributed by atoms with van der Waals surface area (Å²) in [5.74, 6) is -0.00380. The molecule has 1 heterocycles. The SMILES string of the molecule is O=C1/C(=C\c2ccc(Cl)c(Cl)c2)CNC/C1=C\c1ccc(Cl)c(Cl)c1. The fourth-order valence-electron chi connectivity index (χ4n) is 2.54. The Balaban J connectivity index is 1.89. The van der Waals surface area contributed by atoms with Crippen LogP contribution in [0.4, 0.5) is 0 Å². The first kappa shape index (κ1) is 18.5. The van der Waals surface area contributed by atoms with Crippen molar-refractivity contribution in [1.29, 1.82) is 0 Å². The second-order valence-corrected chi connectivity index (χ2v) is 7.25. The lowest BCUT2D eigenvalue weighted by Crippen LogP contribution is -2.32. The van der Waals surface area contributed by atoms with E-state index in [2.05, 4.69) is 5.32 Å². The molecule has 6 heteroatoms. The van der Waals surface area contributed by atoms with Crippen LogP contribution in [0.25, 0.3) is 12.2 Å². The number of Topliss-reactive ketones (excluding diaryl/α,β-unsaturated/α-hetero) is 1. The second-order valence-electron chi connectivity index (χ2n) is 5.62. The summed E-state index contributed by atoms with van der Waals surface area (Å²) in [4.78, 5) is 12.7. The lowest BCUT2D eigenvalue weighted by Gasteiger charge is -2.18. The van der Waals surface area contributed by atoms with Crippen LogP contribution in [0.15, 0.2) is 47.5 Å². The number of rotatable bonds is 2. The summed E-state index contributed by atoms with van der Waals surface area (Å²) in [5.41, 5.74) is 2.98. The van der Waals surface area contributed by atoms with Crippen LogP contribution in [-0.4, -0.2) is 18.9 Å². The highest BCUT2D eigenvalue weighted by Gasteiger charge is 2.20. The molecule has 0 saturated carbocycles. The van der Waals surface area contributed by atoms with E-state index in [1.54, 1.807) is 24.3 Å². The Labute approximate surface area is 166 Å². The van der Waals surface area contributed by atoms with E-state index in [1.807, 2.05) is 24.3 Å². The van der Waals surface area contributed by atoms with E-state index >= 15 is 0 Å². The minimum atomic E-state index is -0.00380. The largest absolute Gasteiger partial charge is 0.308 e. The number of hydrogen-bond donors (Lipinski definition) is 1. The number of ketones is 1. The molecule has 1 saturated heterocycles. The molecular weight excluding hydrogens is 400 g/mol. The van der Waals surface area contributed by atoms with Gasteiger partial charge in [0.25, 0.3) is 0 Å². The summed E-state index contributed by atoms with van der Waals surface area (Å²) < 4.78 is 0. The molecule has 0 atom stereocenters. The van der Waals surface area contributed by atoms with Crippen LogP contribution in [0.5, 0.6) is 0 Å². The topological polar surface area (TPSA) is 29.1 Å². The average molecular weight is 413 g/mol. The third-order valence-electron chi connectivity index (χ3n) is 3.78. The highest BCUT2D eigenvalue weighted by molar-refractivity contribution is 6.42. The van der Waals surface area contributed by atoms with Crippen LogP contribution in [-0.2, 0) is 4.79 Å². The van der Waals surface area contributed by atoms with Gasteiger partial charge in [0.15, 0.2) is 5.78 Å². The molecule has 0 bridgehead atoms. The number of nitrogens with one attached hydrogen (secondary N) is 1. The van der Waals surface area contributed by atoms with Crippen molar-refractivity contribution < 1.29 is 4.79 Å². The number of halogens is 4. The molecule has 128 valence electrons. The van der Waals surface area contributed by atoms with Crippen LogP contribution in [0.1, 0.15) is 11.1 Å². The van der Waals surface area contributed by atoms with Crippen molar-refractivity contribution in [2.75, 3.05) is 13.1 Å². The number of carbonyl (C=O) groups is 1. The number of benzene rings is 2. The van der Waals surface area contributed by atoms with Crippen molar-refractivity contribution in [3.05, 3.63) is 78.8 Å². The summed E-state index contributed by atoms with van der Waals surface area (Å²) >= 11 is 23.9. The van der Waals surface area contributed by atoms with E-state index in [0.717, 1.165) is 11.1 Å². The zero-order valence-electron chi connectivity index (χ0n) is 13.0. The molecule has 0 unspecified atom stereocenters. The predicted octanol–water partition coefficient (Wildman–Crippen LogP) is 5.94. The number of hydrogen-bond acceptors (Lipinski definition) is 2. The lowest BCUT2D eigenvalue weighted by atomic mass is 9.95. The third-order valence-corrected chi connectivity index (χ3v) is 5.26. The quantitative estimate of drug-likeness (QED) is 0.618. The van der Waals surface area contributed by atoms with E-state index in [4.69, 9.17) is 46.4 Å². The smallest absolute Gasteiger partial charge is 0.187 e. The summed E-state index contributed by atoms with van der Waals surface area (Å²) in [5, 5.41) is 5.11. The maximum atomic E-state index is 12.7. The van der Waals surface area contributed by atoms with Gasteiger partial charge in [-0.3, -0.25) is 4.79 Å². The van der Waals surface area contributed by atoms with E-state index in [9.17, 15) is 4.79 Å². The van der Waals surface area contributed by atoms with Crippen molar-refractivity contribution >= 4 is 64.3 Å². The predicted molar refractivity (Wildman–Crippen MR) is 107 cm³/mol. The molecule has 1 aliphatic heterocycles. The second kappa shape index (κ2) is 7.94. The van der Waals surface area contributed by atoms with Gasteiger partial charge in [-0.25, -0.2) is 0 Å². The Morgan fingerprint density at radius 3 is 1.56 bits per heavy atom. The first-order valence-electron chi connectivity index (χ1n) is 7.51. The highest BCUT2D eigenvalue weighted by Crippen LogP contribution is 2.26. The molecule has 25 heavy (non-hydrogen) atoms. The van der Waals surface area contributed by atoms with Crippen LogP contribution >= 0.6 is 46.4 Å². The maximum Gasteiger partial charge on any atom is 0.187 e. The average Bonchev–Trinajstić information content (AvgIpc) is 2.58. The fourth-order valence-corrected chi connectivity index (χ4v) is 3.15. The molecule has 2 aromatic rings. The molecule has 1 aliphatic rings. The van der Waals surface area contributed by atoms with Gasteiger partial charge >= 0.3 is 0 Å². The van der Waals surface area contributed by atoms with Gasteiger partial charge in [-0.1, -0.05) is 58.5 Å². The van der Waals surface area contributed by atoms with Crippen molar-refractivity contribution in [2.24, 2.45) is 0 Å². The summed E-state index contributed by atoms with van der Waals surface area (Å²) in [6.45, 7) is 0.996. The van der Waals surface area contributed by atoms with Crippen molar-refractivity contribution in [3.63, 3.8) is 0 Å². The van der Waals surface area contributed by atoms with Gasteiger partial charge in [0.1, 0.15) is 0 Å². The summed E-state index contributed by atoms with van der Waals surface area (Å²) in [6, 6.07) is 10.5. The molecule has 2 nitrogen and oxygen atoms in total. The molecule has 2 aromatic carbocycles. The van der Waals surface area contributed by atoms with Gasteiger partial charge in [0.05, 0.1) is 20.1 Å². The van der Waals surface area contributed by atoms with Crippen molar-refractivity contribution in [2.45, 2.75) is 0 Å². The minimum Gasteiger partial charge on any atom is -0.308 e. The molecule has 3 rings (SSSR count). The van der Waals surface area contributed by atoms with Crippen molar-refractivity contribution in [1.82, 2.24) is 5.32 Å². The lowest BCUT2D eigenvalue weighted by molar-refractivity contribution is -0.112. The Bertz CT molecular complexity index is 831. The first-order valence-corrected chi connectivity index (χ1v) is 9.02. The molecule has 0 spiro atoms. The monoisotopic (exact) mass is 411 g/mol. The van der Waals surface area contributed by atoms with Gasteiger partial charge < -0.3 is 5.32 Å². The number of piperidine rings is 1. The highest BCUT2D eigenvalue weighted by atomic mass is 35.5. The van der Waals surface area contributed by atoms with Gasteiger partial charge in [0, 0.05) is 24.2 Å². The third kappa shape index (κ3) is 4.46. The van der Waals surface area contributed by atoms with E-state index in [-0.39, 0.29) is 5.78 Å². The molecule has 0 aliphatic carbocycles. The minimum absolute atomic E-state index is 0.00380. The van der Waals surface area contributed by atoms with Crippen LogP contribution in [0.2, 0.25) is 20.1 Å². The van der Waals surface area contributed by atoms with Crippen LogP contribution in [0.3, 0.4) is 0 Å². The van der Waals surface area contributed by atoms with E-state index in [0.29, 0.717) is 44.3 Å². The standard InChI is InChI=1S/C19H13Cl4NO/c20-15-3-1-11(7-17(15)22)5-13-9-24-10-14(19(13)25)6-12-2-4-16(21)18(23)8-12/h1-8,24H,9-10H2/b13-5-,14-6+. The Morgan fingerprint density at radius 2 is 1.16 bits per heavy atom. The molecule has 1 fully saturated rings. The molecular formula is C19H13Cl4NO. The Kier molecular flexibility index (Phi) is 5.88. The maximum absolute atomic E-state index is 12.7. The molecule has 0 aromatic heterocycles. The number of carbonyl (C=O) groups excluding carboxylic acids is 1. The van der Waals surface area contributed by atoms with Gasteiger partial charge in [0.2, 0.25) is 0 Å². The zero-order valence-corrected chi connectivity index (χ0v) is 16.0. The summed E-state index contributed by atoms with van der Waals surface area (Å²) in [7, 11) is 0. The zero-order chi connectivity index (χ0) is 18.0.